The van der Waals surface area contributed by atoms with Crippen LogP contribution in [0.1, 0.15) is 29.9 Å². The lowest BCUT2D eigenvalue weighted by molar-refractivity contribution is 0.102. The molecule has 0 saturated carbocycles. The van der Waals surface area contributed by atoms with E-state index in [2.05, 4.69) is 15.4 Å². The first kappa shape index (κ1) is 22.0. The first-order valence-corrected chi connectivity index (χ1v) is 12.2. The maximum Gasteiger partial charge on any atom is 0.256 e. The molecule has 0 unspecified atom stereocenters. The standard InChI is InChI=1S/C22H22N4O4S2/c1-13(2)32(28,29)17-7-5-6-15(11-17)21(27)24-20-10-14(3)25-26(20)22-23-18-12-16(30-4)8-9-19(18)31-22/h5-13H,1-4H3,(H,24,27). The molecule has 1 amide bonds. The molecular formula is C22H22N4O4S2. The molecular weight excluding hydrogens is 448 g/mol. The zero-order valence-corrected chi connectivity index (χ0v) is 19.6. The lowest BCUT2D eigenvalue weighted by Crippen LogP contribution is -2.17. The van der Waals surface area contributed by atoms with E-state index in [0.29, 0.717) is 22.4 Å². The molecule has 32 heavy (non-hydrogen) atoms. The second kappa shape index (κ2) is 8.36. The van der Waals surface area contributed by atoms with Crippen molar-refractivity contribution in [3.8, 4) is 10.9 Å². The topological polar surface area (TPSA) is 103 Å². The van der Waals surface area contributed by atoms with Gasteiger partial charge >= 0.3 is 0 Å². The number of amides is 1. The molecule has 166 valence electrons. The normalized spacial score (nSPS) is 11.8. The van der Waals surface area contributed by atoms with Crippen molar-refractivity contribution in [1.82, 2.24) is 14.8 Å². The van der Waals surface area contributed by atoms with Crippen molar-refractivity contribution in [3.63, 3.8) is 0 Å². The number of rotatable bonds is 6. The number of methoxy groups -OCH3 is 1. The number of hydrogen-bond donors (Lipinski definition) is 1. The van der Waals surface area contributed by atoms with Gasteiger partial charge in [0.15, 0.2) is 9.84 Å². The van der Waals surface area contributed by atoms with E-state index in [4.69, 9.17) is 4.74 Å². The molecule has 4 rings (SSSR count). The number of thiazole rings is 1. The predicted molar refractivity (Wildman–Crippen MR) is 125 cm³/mol. The molecule has 2 aromatic heterocycles. The van der Waals surface area contributed by atoms with Crippen molar-refractivity contribution in [2.45, 2.75) is 30.9 Å². The van der Waals surface area contributed by atoms with E-state index in [1.807, 2.05) is 25.1 Å². The first-order valence-electron chi connectivity index (χ1n) is 9.86. The Morgan fingerprint density at radius 1 is 1.16 bits per heavy atom. The molecule has 8 nitrogen and oxygen atoms in total. The van der Waals surface area contributed by atoms with Crippen LogP contribution in [0.25, 0.3) is 15.3 Å². The van der Waals surface area contributed by atoms with Crippen LogP contribution in [0, 0.1) is 6.92 Å². The third kappa shape index (κ3) is 4.11. The van der Waals surface area contributed by atoms with Crippen molar-refractivity contribution in [1.29, 1.82) is 0 Å². The average Bonchev–Trinajstić information content (AvgIpc) is 3.35. The smallest absolute Gasteiger partial charge is 0.256 e. The summed E-state index contributed by atoms with van der Waals surface area (Å²) in [6, 6.07) is 13.4. The molecule has 0 aliphatic rings. The quantitative estimate of drug-likeness (QED) is 0.452. The maximum absolute atomic E-state index is 12.9. The Hall–Kier alpha value is -3.24. The first-order chi connectivity index (χ1) is 15.2. The number of fused-ring (bicyclic) bond motifs is 1. The molecule has 2 aromatic carbocycles. The SMILES string of the molecule is COc1ccc2sc(-n3nc(C)cc3NC(=O)c3cccc(S(=O)(=O)C(C)C)c3)nc2c1. The fourth-order valence-electron chi connectivity index (χ4n) is 3.12. The number of aryl methyl sites for hydroxylation is 1. The summed E-state index contributed by atoms with van der Waals surface area (Å²) in [5.74, 6) is 0.709. The van der Waals surface area contributed by atoms with E-state index in [0.717, 1.165) is 10.2 Å². The molecule has 4 aromatic rings. The van der Waals surface area contributed by atoms with Crippen LogP contribution in [0.3, 0.4) is 0 Å². The van der Waals surface area contributed by atoms with Crippen molar-refractivity contribution < 1.29 is 17.9 Å². The summed E-state index contributed by atoms with van der Waals surface area (Å²) >= 11 is 1.43. The number of carbonyl (C=O) groups excluding carboxylic acids is 1. The van der Waals surface area contributed by atoms with Crippen LogP contribution < -0.4 is 10.1 Å². The molecule has 0 atom stereocenters. The van der Waals surface area contributed by atoms with Gasteiger partial charge in [-0.1, -0.05) is 17.4 Å². The van der Waals surface area contributed by atoms with Gasteiger partial charge in [-0.2, -0.15) is 9.78 Å². The van der Waals surface area contributed by atoms with Gasteiger partial charge in [0, 0.05) is 17.7 Å². The molecule has 10 heteroatoms. The highest BCUT2D eigenvalue weighted by molar-refractivity contribution is 7.92. The maximum atomic E-state index is 12.9. The molecule has 0 fully saturated rings. The van der Waals surface area contributed by atoms with Crippen molar-refractivity contribution in [2.24, 2.45) is 0 Å². The number of sulfone groups is 1. The minimum atomic E-state index is -3.49. The highest BCUT2D eigenvalue weighted by Crippen LogP contribution is 2.30. The zero-order chi connectivity index (χ0) is 23.0. The molecule has 0 saturated heterocycles. The molecule has 0 aliphatic heterocycles. The third-order valence-corrected chi connectivity index (χ3v) is 8.05. The van der Waals surface area contributed by atoms with Gasteiger partial charge in [-0.25, -0.2) is 13.4 Å². The van der Waals surface area contributed by atoms with E-state index in [1.165, 1.54) is 23.5 Å². The van der Waals surface area contributed by atoms with Crippen LogP contribution >= 0.6 is 11.3 Å². The van der Waals surface area contributed by atoms with Crippen molar-refractivity contribution in [2.75, 3.05) is 12.4 Å². The Labute approximate surface area is 189 Å². The van der Waals surface area contributed by atoms with Gasteiger partial charge in [-0.05, 0) is 51.1 Å². The van der Waals surface area contributed by atoms with Crippen LogP contribution in [-0.2, 0) is 9.84 Å². The minimum Gasteiger partial charge on any atom is -0.497 e. The number of benzene rings is 2. The summed E-state index contributed by atoms with van der Waals surface area (Å²) in [6.07, 6.45) is 0. The number of nitrogens with zero attached hydrogens (tertiary/aromatic N) is 3. The lowest BCUT2D eigenvalue weighted by atomic mass is 10.2. The second-order valence-corrected chi connectivity index (χ2v) is 11.0. The second-order valence-electron chi connectivity index (χ2n) is 7.49. The van der Waals surface area contributed by atoms with Gasteiger partial charge < -0.3 is 10.1 Å². The van der Waals surface area contributed by atoms with Gasteiger partial charge in [0.25, 0.3) is 5.91 Å². The largest absolute Gasteiger partial charge is 0.497 e. The summed E-state index contributed by atoms with van der Waals surface area (Å²) in [4.78, 5) is 17.7. The van der Waals surface area contributed by atoms with E-state index < -0.39 is 21.0 Å². The number of ether oxygens (including phenoxy) is 1. The summed E-state index contributed by atoms with van der Waals surface area (Å²) in [5.41, 5.74) is 1.71. The Morgan fingerprint density at radius 3 is 2.66 bits per heavy atom. The van der Waals surface area contributed by atoms with E-state index in [-0.39, 0.29) is 10.5 Å². The van der Waals surface area contributed by atoms with Gasteiger partial charge in [-0.15, -0.1) is 0 Å². The number of anilines is 1. The highest BCUT2D eigenvalue weighted by atomic mass is 32.2. The molecule has 0 bridgehead atoms. The lowest BCUT2D eigenvalue weighted by Gasteiger charge is -2.10. The van der Waals surface area contributed by atoms with E-state index in [1.54, 1.807) is 43.8 Å². The molecule has 0 radical (unpaired) electrons. The van der Waals surface area contributed by atoms with Crippen LogP contribution in [-0.4, -0.2) is 41.4 Å². The van der Waals surface area contributed by atoms with Gasteiger partial charge in [0.2, 0.25) is 5.13 Å². The third-order valence-electron chi connectivity index (χ3n) is 4.88. The van der Waals surface area contributed by atoms with Crippen LogP contribution in [0.15, 0.2) is 53.4 Å². The zero-order valence-electron chi connectivity index (χ0n) is 18.0. The molecule has 1 N–H and O–H groups in total. The fraction of sp³-hybridized carbons (Fsp3) is 0.227. The minimum absolute atomic E-state index is 0.116. The molecule has 0 spiro atoms. The Kier molecular flexibility index (Phi) is 5.74. The molecule has 0 aliphatic carbocycles. The highest BCUT2D eigenvalue weighted by Gasteiger charge is 2.21. The Morgan fingerprint density at radius 2 is 1.94 bits per heavy atom. The van der Waals surface area contributed by atoms with Crippen LogP contribution in [0.5, 0.6) is 5.75 Å². The van der Waals surface area contributed by atoms with Crippen molar-refractivity contribution in [3.05, 3.63) is 59.8 Å². The average molecular weight is 471 g/mol. The monoisotopic (exact) mass is 470 g/mol. The van der Waals surface area contributed by atoms with Gasteiger partial charge in [0.05, 0.1) is 33.2 Å². The van der Waals surface area contributed by atoms with Gasteiger partial charge in [-0.3, -0.25) is 4.79 Å². The number of aromatic nitrogens is 3. The van der Waals surface area contributed by atoms with Crippen molar-refractivity contribution >= 4 is 43.1 Å². The summed E-state index contributed by atoms with van der Waals surface area (Å²) in [6.45, 7) is 5.03. The summed E-state index contributed by atoms with van der Waals surface area (Å²) < 4.78 is 32.7. The molecule has 2 heterocycles. The van der Waals surface area contributed by atoms with E-state index in [9.17, 15) is 13.2 Å². The summed E-state index contributed by atoms with van der Waals surface area (Å²) in [5, 5.41) is 7.31. The Bertz CT molecular complexity index is 1420. The number of carbonyl (C=O) groups is 1. The predicted octanol–water partition coefficient (Wildman–Crippen LogP) is 4.23. The number of nitrogens with one attached hydrogen (secondary N) is 1. The van der Waals surface area contributed by atoms with Crippen LogP contribution in [0.4, 0.5) is 5.82 Å². The van der Waals surface area contributed by atoms with Gasteiger partial charge in [0.1, 0.15) is 11.6 Å². The van der Waals surface area contributed by atoms with E-state index >= 15 is 0 Å². The number of hydrogen-bond acceptors (Lipinski definition) is 7. The Balaban J connectivity index is 1.66. The van der Waals surface area contributed by atoms with Crippen LogP contribution in [0.2, 0.25) is 0 Å². The summed E-state index contributed by atoms with van der Waals surface area (Å²) in [7, 11) is -1.89. The fourth-order valence-corrected chi connectivity index (χ4v) is 5.14.